The van der Waals surface area contributed by atoms with Gasteiger partial charge in [0.2, 0.25) is 0 Å². The summed E-state index contributed by atoms with van der Waals surface area (Å²) in [4.78, 5) is 15.4. The van der Waals surface area contributed by atoms with E-state index in [1.165, 1.54) is 11.9 Å². The maximum absolute atomic E-state index is 13.2. The number of aromatic nitrogens is 2. The minimum atomic E-state index is -4.53. The highest BCUT2D eigenvalue weighted by molar-refractivity contribution is 5.78. The standard InChI is InChI=1S/C19H21F3N4O3.2C2H6/c1-25(18-16(19(20,21)22)6-8-23-24-18)14-7-9-26(10-14)17(28)12-29-15-4-2-13(11-27)3-5-15;2*1-2/h2-6,8,14,27H,7,9-12H2,1H3;2*1-2H3. The number of anilines is 1. The number of likely N-dealkylation sites (N-methyl/N-ethyl adjacent to an activating group) is 1. The minimum absolute atomic E-state index is 0.0796. The minimum Gasteiger partial charge on any atom is -0.484 e. The second-order valence-electron chi connectivity index (χ2n) is 6.75. The number of amides is 1. The summed E-state index contributed by atoms with van der Waals surface area (Å²) in [6.07, 6.45) is -3.01. The fraction of sp³-hybridized carbons (Fsp3) is 0.522. The van der Waals surface area contributed by atoms with Crippen LogP contribution in [0.4, 0.5) is 19.0 Å². The summed E-state index contributed by atoms with van der Waals surface area (Å²) in [7, 11) is 1.52. The third kappa shape index (κ3) is 7.88. The van der Waals surface area contributed by atoms with Crippen LogP contribution in [0.2, 0.25) is 0 Å². The van der Waals surface area contributed by atoms with E-state index in [0.29, 0.717) is 18.7 Å². The van der Waals surface area contributed by atoms with Gasteiger partial charge in [-0.25, -0.2) is 0 Å². The molecule has 2 aromatic rings. The highest BCUT2D eigenvalue weighted by Gasteiger charge is 2.38. The predicted molar refractivity (Wildman–Crippen MR) is 121 cm³/mol. The van der Waals surface area contributed by atoms with Gasteiger partial charge >= 0.3 is 6.18 Å². The summed E-state index contributed by atoms with van der Waals surface area (Å²) in [6, 6.07) is 7.30. The number of likely N-dealkylation sites (tertiary alicyclic amines) is 1. The van der Waals surface area contributed by atoms with Gasteiger partial charge in [-0.15, -0.1) is 5.10 Å². The van der Waals surface area contributed by atoms with Crippen LogP contribution in [-0.2, 0) is 17.6 Å². The number of ether oxygens (including phenoxy) is 1. The van der Waals surface area contributed by atoms with Gasteiger partial charge < -0.3 is 19.6 Å². The molecule has 1 atom stereocenters. The molecule has 1 N–H and O–H groups in total. The van der Waals surface area contributed by atoms with Gasteiger partial charge in [0.1, 0.15) is 11.3 Å². The lowest BCUT2D eigenvalue weighted by Crippen LogP contribution is -2.39. The van der Waals surface area contributed by atoms with Gasteiger partial charge in [0, 0.05) is 26.2 Å². The van der Waals surface area contributed by atoms with Gasteiger partial charge in [-0.3, -0.25) is 4.79 Å². The fourth-order valence-electron chi connectivity index (χ4n) is 3.19. The number of carbonyl (C=O) groups excluding carboxylic acids is 1. The Morgan fingerprint density at radius 3 is 2.39 bits per heavy atom. The van der Waals surface area contributed by atoms with Crippen molar-refractivity contribution in [3.05, 3.63) is 47.7 Å². The molecule has 1 saturated heterocycles. The summed E-state index contributed by atoms with van der Waals surface area (Å²) in [5.74, 6) is -0.000332. The van der Waals surface area contributed by atoms with Crippen LogP contribution in [0, 0.1) is 0 Å². The smallest absolute Gasteiger partial charge is 0.420 e. The van der Waals surface area contributed by atoms with E-state index < -0.39 is 11.7 Å². The molecule has 1 aliphatic heterocycles. The van der Waals surface area contributed by atoms with E-state index in [-0.39, 0.29) is 37.5 Å². The Hall–Kier alpha value is -2.88. The second kappa shape index (κ2) is 13.6. The third-order valence-corrected chi connectivity index (χ3v) is 4.87. The van der Waals surface area contributed by atoms with Crippen molar-refractivity contribution >= 4 is 11.7 Å². The van der Waals surface area contributed by atoms with Crippen LogP contribution < -0.4 is 9.64 Å². The first-order chi connectivity index (χ1) is 15.8. The quantitative estimate of drug-likeness (QED) is 0.683. The maximum Gasteiger partial charge on any atom is 0.420 e. The first-order valence-electron chi connectivity index (χ1n) is 11.0. The summed E-state index contributed by atoms with van der Waals surface area (Å²) < 4.78 is 45.1. The van der Waals surface area contributed by atoms with Crippen LogP contribution in [-0.4, -0.2) is 58.9 Å². The van der Waals surface area contributed by atoms with Crippen molar-refractivity contribution in [1.29, 1.82) is 0 Å². The van der Waals surface area contributed by atoms with E-state index in [0.717, 1.165) is 17.8 Å². The lowest BCUT2D eigenvalue weighted by molar-refractivity contribution is -0.137. The normalized spacial score (nSPS) is 15.1. The monoisotopic (exact) mass is 470 g/mol. The van der Waals surface area contributed by atoms with E-state index in [2.05, 4.69) is 10.2 Å². The topological polar surface area (TPSA) is 78.8 Å². The molecule has 1 unspecified atom stereocenters. The number of alkyl halides is 3. The molecule has 0 spiro atoms. The number of carbonyl (C=O) groups is 1. The molecule has 3 rings (SSSR count). The average Bonchev–Trinajstić information content (AvgIpc) is 3.35. The Labute approximate surface area is 193 Å². The molecule has 0 aliphatic carbocycles. The van der Waals surface area contributed by atoms with Gasteiger partial charge in [0.25, 0.3) is 5.91 Å². The van der Waals surface area contributed by atoms with Crippen molar-refractivity contribution in [3.8, 4) is 5.75 Å². The van der Waals surface area contributed by atoms with Crippen molar-refractivity contribution in [2.24, 2.45) is 0 Å². The fourth-order valence-corrected chi connectivity index (χ4v) is 3.19. The average molecular weight is 471 g/mol. The van der Waals surface area contributed by atoms with E-state index in [4.69, 9.17) is 9.84 Å². The molecule has 1 fully saturated rings. The molecule has 0 radical (unpaired) electrons. The number of aliphatic hydroxyl groups excluding tert-OH is 1. The van der Waals surface area contributed by atoms with Crippen LogP contribution in [0.15, 0.2) is 36.5 Å². The van der Waals surface area contributed by atoms with E-state index in [1.807, 2.05) is 27.7 Å². The molecular formula is C23H33F3N4O3. The largest absolute Gasteiger partial charge is 0.484 e. The van der Waals surface area contributed by atoms with Gasteiger partial charge in [-0.1, -0.05) is 39.8 Å². The van der Waals surface area contributed by atoms with E-state index in [9.17, 15) is 18.0 Å². The van der Waals surface area contributed by atoms with Crippen molar-refractivity contribution in [2.45, 2.75) is 52.9 Å². The molecular weight excluding hydrogens is 437 g/mol. The van der Waals surface area contributed by atoms with Crippen LogP contribution in [0.5, 0.6) is 5.75 Å². The zero-order valence-electron chi connectivity index (χ0n) is 19.8. The molecule has 184 valence electrons. The number of aliphatic hydroxyl groups is 1. The first kappa shape index (κ1) is 28.2. The zero-order valence-corrected chi connectivity index (χ0v) is 19.8. The molecule has 1 aliphatic rings. The Morgan fingerprint density at radius 2 is 1.82 bits per heavy atom. The zero-order chi connectivity index (χ0) is 25.0. The van der Waals surface area contributed by atoms with Crippen molar-refractivity contribution in [1.82, 2.24) is 15.1 Å². The van der Waals surface area contributed by atoms with Crippen LogP contribution >= 0.6 is 0 Å². The van der Waals surface area contributed by atoms with Gasteiger partial charge in [-0.05, 0) is 30.2 Å². The molecule has 0 saturated carbocycles. The summed E-state index contributed by atoms with van der Waals surface area (Å²) in [5, 5.41) is 16.3. The Morgan fingerprint density at radius 1 is 1.18 bits per heavy atom. The van der Waals surface area contributed by atoms with E-state index in [1.54, 1.807) is 29.2 Å². The molecule has 10 heteroatoms. The first-order valence-corrected chi connectivity index (χ1v) is 11.0. The Balaban J connectivity index is 0.00000129. The SMILES string of the molecule is CC.CC.CN(c1nnccc1C(F)(F)F)C1CCN(C(=O)COc2ccc(CO)cc2)C1. The Bertz CT molecular complexity index is 848. The van der Waals surface area contributed by atoms with Gasteiger partial charge in [0.05, 0.1) is 12.8 Å². The molecule has 1 amide bonds. The van der Waals surface area contributed by atoms with Crippen LogP contribution in [0.25, 0.3) is 0 Å². The van der Waals surface area contributed by atoms with E-state index >= 15 is 0 Å². The number of hydrogen-bond donors (Lipinski definition) is 1. The third-order valence-electron chi connectivity index (χ3n) is 4.87. The highest BCUT2D eigenvalue weighted by atomic mass is 19.4. The number of nitrogens with zero attached hydrogens (tertiary/aromatic N) is 4. The molecule has 33 heavy (non-hydrogen) atoms. The number of rotatable bonds is 6. The lowest BCUT2D eigenvalue weighted by Gasteiger charge is -2.27. The summed E-state index contributed by atoms with van der Waals surface area (Å²) >= 11 is 0. The second-order valence-corrected chi connectivity index (χ2v) is 6.75. The molecule has 2 heterocycles. The van der Waals surface area contributed by atoms with Crippen molar-refractivity contribution in [2.75, 3.05) is 31.6 Å². The molecule has 1 aromatic carbocycles. The molecule has 1 aromatic heterocycles. The van der Waals surface area contributed by atoms with Gasteiger partial charge in [0.15, 0.2) is 12.4 Å². The summed E-state index contributed by atoms with van der Waals surface area (Å²) in [5.41, 5.74) is -0.120. The number of halogens is 3. The maximum atomic E-state index is 13.2. The number of hydrogen-bond acceptors (Lipinski definition) is 6. The van der Waals surface area contributed by atoms with Crippen LogP contribution in [0.1, 0.15) is 45.2 Å². The highest BCUT2D eigenvalue weighted by Crippen LogP contribution is 2.35. The predicted octanol–water partition coefficient (Wildman–Crippen LogP) is 4.16. The number of benzene rings is 1. The summed E-state index contributed by atoms with van der Waals surface area (Å²) in [6.45, 7) is 8.44. The van der Waals surface area contributed by atoms with Crippen LogP contribution in [0.3, 0.4) is 0 Å². The Kier molecular flexibility index (Phi) is 11.6. The molecule has 0 bridgehead atoms. The van der Waals surface area contributed by atoms with Crippen molar-refractivity contribution in [3.63, 3.8) is 0 Å². The lowest BCUT2D eigenvalue weighted by atomic mass is 10.2. The molecule has 7 nitrogen and oxygen atoms in total. The van der Waals surface area contributed by atoms with Gasteiger partial charge in [-0.2, -0.15) is 18.3 Å². The van der Waals surface area contributed by atoms with Crippen molar-refractivity contribution < 1.29 is 27.8 Å².